The maximum atomic E-state index is 5.08. The van der Waals surface area contributed by atoms with Crippen LogP contribution in [-0.4, -0.2) is 29.2 Å². The van der Waals surface area contributed by atoms with Crippen LogP contribution in [0.2, 0.25) is 0 Å². The normalized spacial score (nSPS) is 16.8. The van der Waals surface area contributed by atoms with E-state index in [2.05, 4.69) is 29.1 Å². The number of hydrogen-bond donors (Lipinski definition) is 1. The van der Waals surface area contributed by atoms with Gasteiger partial charge in [0.2, 0.25) is 0 Å². The van der Waals surface area contributed by atoms with Gasteiger partial charge >= 0.3 is 0 Å². The summed E-state index contributed by atoms with van der Waals surface area (Å²) in [4.78, 5) is 8.37. The van der Waals surface area contributed by atoms with Crippen LogP contribution in [0.1, 0.15) is 25.5 Å². The van der Waals surface area contributed by atoms with Crippen LogP contribution in [-0.2, 0) is 4.74 Å². The Balaban J connectivity index is 2.05. The van der Waals surface area contributed by atoms with Crippen molar-refractivity contribution >= 4 is 5.82 Å². The minimum atomic E-state index is 0.421. The lowest BCUT2D eigenvalue weighted by atomic mass is 10.1. The molecule has 4 heteroatoms. The van der Waals surface area contributed by atoms with E-state index in [1.54, 1.807) is 6.33 Å². The molecule has 1 aromatic rings. The zero-order valence-corrected chi connectivity index (χ0v) is 8.53. The second-order valence-corrected chi connectivity index (χ2v) is 3.86. The third-order valence-electron chi connectivity index (χ3n) is 2.27. The second-order valence-electron chi connectivity index (χ2n) is 3.86. The van der Waals surface area contributed by atoms with Gasteiger partial charge in [-0.25, -0.2) is 9.97 Å². The Morgan fingerprint density at radius 1 is 1.43 bits per heavy atom. The fourth-order valence-corrected chi connectivity index (χ4v) is 1.30. The third kappa shape index (κ3) is 2.01. The lowest BCUT2D eigenvalue weighted by Crippen LogP contribution is -2.40. The third-order valence-corrected chi connectivity index (χ3v) is 2.27. The summed E-state index contributed by atoms with van der Waals surface area (Å²) in [7, 11) is 0. The summed E-state index contributed by atoms with van der Waals surface area (Å²) in [6.07, 6.45) is 1.61. The number of ether oxygens (including phenoxy) is 1. The maximum Gasteiger partial charge on any atom is 0.129 e. The lowest BCUT2D eigenvalue weighted by molar-refractivity contribution is 0.0209. The number of hydrogen-bond acceptors (Lipinski definition) is 4. The van der Waals surface area contributed by atoms with Crippen LogP contribution in [0.4, 0.5) is 5.82 Å². The molecule has 0 bridgehead atoms. The summed E-state index contributed by atoms with van der Waals surface area (Å²) in [6.45, 7) is 5.80. The van der Waals surface area contributed by atoms with Gasteiger partial charge in [0, 0.05) is 11.8 Å². The molecule has 2 rings (SSSR count). The number of nitrogens with one attached hydrogen (secondary N) is 1. The van der Waals surface area contributed by atoms with Crippen molar-refractivity contribution in [3.8, 4) is 0 Å². The molecule has 1 aliphatic heterocycles. The summed E-state index contributed by atoms with van der Waals surface area (Å²) >= 11 is 0. The number of anilines is 1. The van der Waals surface area contributed by atoms with Crippen molar-refractivity contribution in [1.29, 1.82) is 0 Å². The highest BCUT2D eigenvalue weighted by molar-refractivity contribution is 5.37. The van der Waals surface area contributed by atoms with Crippen LogP contribution < -0.4 is 5.32 Å². The molecule has 0 unspecified atom stereocenters. The van der Waals surface area contributed by atoms with Gasteiger partial charge in [0.1, 0.15) is 12.1 Å². The first kappa shape index (κ1) is 9.40. The minimum absolute atomic E-state index is 0.421. The zero-order chi connectivity index (χ0) is 9.97. The fourth-order valence-electron chi connectivity index (χ4n) is 1.30. The Morgan fingerprint density at radius 3 is 2.79 bits per heavy atom. The maximum absolute atomic E-state index is 5.08. The average molecular weight is 193 g/mol. The van der Waals surface area contributed by atoms with Gasteiger partial charge in [-0.3, -0.25) is 0 Å². The zero-order valence-electron chi connectivity index (χ0n) is 8.53. The molecule has 1 aliphatic rings. The molecule has 0 saturated carbocycles. The summed E-state index contributed by atoms with van der Waals surface area (Å²) in [5, 5.41) is 3.30. The summed E-state index contributed by atoms with van der Waals surface area (Å²) in [5.41, 5.74) is 1.07. The summed E-state index contributed by atoms with van der Waals surface area (Å²) in [6, 6.07) is 2.42. The molecule has 4 nitrogen and oxygen atoms in total. The first-order chi connectivity index (χ1) is 6.75. The van der Waals surface area contributed by atoms with Gasteiger partial charge in [0.15, 0.2) is 0 Å². The Hall–Kier alpha value is -1.16. The van der Waals surface area contributed by atoms with Crippen LogP contribution in [0.3, 0.4) is 0 Å². The SMILES string of the molecule is CC(C)c1cc(NC2COC2)ncn1. The first-order valence-electron chi connectivity index (χ1n) is 4.92. The smallest absolute Gasteiger partial charge is 0.129 e. The van der Waals surface area contributed by atoms with Crippen molar-refractivity contribution in [1.82, 2.24) is 9.97 Å². The first-order valence-corrected chi connectivity index (χ1v) is 4.92. The van der Waals surface area contributed by atoms with E-state index in [-0.39, 0.29) is 0 Å². The minimum Gasteiger partial charge on any atom is -0.377 e. The monoisotopic (exact) mass is 193 g/mol. The Morgan fingerprint density at radius 2 is 2.21 bits per heavy atom. The van der Waals surface area contributed by atoms with E-state index >= 15 is 0 Å². The van der Waals surface area contributed by atoms with E-state index in [0.717, 1.165) is 24.7 Å². The van der Waals surface area contributed by atoms with E-state index in [1.165, 1.54) is 0 Å². The molecule has 14 heavy (non-hydrogen) atoms. The molecule has 0 aromatic carbocycles. The van der Waals surface area contributed by atoms with Gasteiger partial charge in [-0.15, -0.1) is 0 Å². The molecular weight excluding hydrogens is 178 g/mol. The number of rotatable bonds is 3. The van der Waals surface area contributed by atoms with Gasteiger partial charge in [-0.1, -0.05) is 13.8 Å². The van der Waals surface area contributed by atoms with Crippen molar-refractivity contribution in [2.24, 2.45) is 0 Å². The highest BCUT2D eigenvalue weighted by atomic mass is 16.5. The van der Waals surface area contributed by atoms with Crippen LogP contribution in [0.25, 0.3) is 0 Å². The van der Waals surface area contributed by atoms with Crippen LogP contribution in [0, 0.1) is 0 Å². The van der Waals surface area contributed by atoms with Crippen LogP contribution in [0.5, 0.6) is 0 Å². The van der Waals surface area contributed by atoms with Crippen molar-refractivity contribution < 1.29 is 4.74 Å². The molecule has 0 atom stereocenters. The largest absolute Gasteiger partial charge is 0.377 e. The number of nitrogens with zero attached hydrogens (tertiary/aromatic N) is 2. The predicted octanol–water partition coefficient (Wildman–Crippen LogP) is 1.41. The lowest BCUT2D eigenvalue weighted by Gasteiger charge is -2.27. The second kappa shape index (κ2) is 3.92. The standard InChI is InChI=1S/C10H15N3O/c1-7(2)9-3-10(12-6-11-9)13-8-4-14-5-8/h3,6-8H,4-5H2,1-2H3,(H,11,12,13). The van der Waals surface area contributed by atoms with Crippen molar-refractivity contribution in [2.45, 2.75) is 25.8 Å². The molecular formula is C10H15N3O. The van der Waals surface area contributed by atoms with E-state index in [9.17, 15) is 0 Å². The van der Waals surface area contributed by atoms with Gasteiger partial charge in [-0.05, 0) is 5.92 Å². The van der Waals surface area contributed by atoms with Gasteiger partial charge in [-0.2, -0.15) is 0 Å². The highest BCUT2D eigenvalue weighted by Crippen LogP contribution is 2.15. The quantitative estimate of drug-likeness (QED) is 0.788. The highest BCUT2D eigenvalue weighted by Gasteiger charge is 2.18. The summed E-state index contributed by atoms with van der Waals surface area (Å²) in [5.74, 6) is 1.34. The Labute approximate surface area is 83.7 Å². The van der Waals surface area contributed by atoms with E-state index in [1.807, 2.05) is 6.07 Å². The fraction of sp³-hybridized carbons (Fsp3) is 0.600. The number of aromatic nitrogens is 2. The average Bonchev–Trinajstić information content (AvgIpc) is 2.12. The summed E-state index contributed by atoms with van der Waals surface area (Å²) < 4.78 is 5.08. The van der Waals surface area contributed by atoms with Gasteiger partial charge < -0.3 is 10.1 Å². The van der Waals surface area contributed by atoms with Crippen LogP contribution in [0.15, 0.2) is 12.4 Å². The van der Waals surface area contributed by atoms with Gasteiger partial charge in [0.25, 0.3) is 0 Å². The molecule has 76 valence electrons. The Bertz CT molecular complexity index is 310. The Kier molecular flexibility index (Phi) is 2.63. The van der Waals surface area contributed by atoms with Crippen molar-refractivity contribution in [3.63, 3.8) is 0 Å². The molecule has 1 fully saturated rings. The van der Waals surface area contributed by atoms with E-state index in [0.29, 0.717) is 12.0 Å². The van der Waals surface area contributed by atoms with Crippen molar-refractivity contribution in [3.05, 3.63) is 18.1 Å². The molecule has 0 spiro atoms. The molecule has 2 heterocycles. The topological polar surface area (TPSA) is 47.0 Å². The van der Waals surface area contributed by atoms with Gasteiger partial charge in [0.05, 0.1) is 19.3 Å². The predicted molar refractivity (Wildman–Crippen MR) is 54.4 cm³/mol. The van der Waals surface area contributed by atoms with Crippen LogP contribution >= 0.6 is 0 Å². The van der Waals surface area contributed by atoms with E-state index < -0.39 is 0 Å². The molecule has 1 N–H and O–H groups in total. The molecule has 1 saturated heterocycles. The van der Waals surface area contributed by atoms with Crippen molar-refractivity contribution in [2.75, 3.05) is 18.5 Å². The molecule has 0 radical (unpaired) electrons. The molecule has 1 aromatic heterocycles. The molecule has 0 amide bonds. The molecule has 0 aliphatic carbocycles. The van der Waals surface area contributed by atoms with E-state index in [4.69, 9.17) is 4.74 Å².